The number of likely N-dealkylation sites (N-methyl/N-ethyl adjacent to an activating group) is 2. The van der Waals surface area contributed by atoms with Crippen LogP contribution in [0.1, 0.15) is 72.7 Å². The van der Waals surface area contributed by atoms with Crippen molar-refractivity contribution in [2.45, 2.75) is 58.6 Å². The van der Waals surface area contributed by atoms with Crippen LogP contribution < -0.4 is 19.8 Å². The zero-order valence-electron chi connectivity index (χ0n) is 30.7. The summed E-state index contributed by atoms with van der Waals surface area (Å²) in [5.74, 6) is -1.53. The Bertz CT molecular complexity index is 2100. The van der Waals surface area contributed by atoms with Crippen molar-refractivity contribution in [3.05, 3.63) is 52.9 Å². The van der Waals surface area contributed by atoms with Gasteiger partial charge in [-0.3, -0.25) is 19.5 Å². The number of carbonyl (C=O) groups excluding carboxylic acids is 5. The lowest BCUT2D eigenvalue weighted by molar-refractivity contribution is -0.142. The van der Waals surface area contributed by atoms with Crippen molar-refractivity contribution in [1.82, 2.24) is 20.3 Å². The Morgan fingerprint density at radius 3 is 2.37 bits per heavy atom. The molecule has 5 rings (SSSR count). The van der Waals surface area contributed by atoms with E-state index in [1.807, 2.05) is 0 Å². The van der Waals surface area contributed by atoms with Crippen molar-refractivity contribution in [2.24, 2.45) is 0 Å². The van der Waals surface area contributed by atoms with Crippen molar-refractivity contribution < 1.29 is 47.3 Å². The number of ether oxygens (including phenoxy) is 4. The number of fused-ring (bicyclic) bond motifs is 4. The first-order valence-corrected chi connectivity index (χ1v) is 16.8. The maximum Gasteiger partial charge on any atom is 0.426 e. The number of esters is 1. The number of amides is 4. The van der Waals surface area contributed by atoms with E-state index in [0.29, 0.717) is 39.0 Å². The van der Waals surface area contributed by atoms with Crippen LogP contribution in [0.15, 0.2) is 34.7 Å². The molecule has 0 saturated carbocycles. The molecule has 52 heavy (non-hydrogen) atoms. The van der Waals surface area contributed by atoms with Crippen molar-refractivity contribution in [2.75, 3.05) is 45.6 Å². The summed E-state index contributed by atoms with van der Waals surface area (Å²) in [4.78, 5) is 72.6. The normalized spacial score (nSPS) is 14.2. The number of H-pyrrole nitrogens is 1. The second kappa shape index (κ2) is 13.9. The van der Waals surface area contributed by atoms with Gasteiger partial charge >= 0.3 is 18.2 Å². The maximum absolute atomic E-state index is 14.1. The molecule has 1 aliphatic heterocycles. The number of anilines is 1. The second-order valence-electron chi connectivity index (χ2n) is 13.9. The van der Waals surface area contributed by atoms with E-state index < -0.39 is 47.0 Å². The van der Waals surface area contributed by atoms with Crippen LogP contribution >= 0.6 is 11.6 Å². The third-order valence-corrected chi connectivity index (χ3v) is 9.27. The van der Waals surface area contributed by atoms with Crippen LogP contribution in [0.3, 0.4) is 0 Å². The number of hydrazine groups is 1. The Hall–Kier alpha value is -5.44. The molecule has 1 atom stereocenters. The monoisotopic (exact) mass is 739 g/mol. The largest absolute Gasteiger partial charge is 0.497 e. The quantitative estimate of drug-likeness (QED) is 0.128. The number of furan rings is 1. The third kappa shape index (κ3) is 6.92. The smallest absolute Gasteiger partial charge is 0.426 e. The molecule has 0 spiro atoms. The Morgan fingerprint density at radius 2 is 1.75 bits per heavy atom. The van der Waals surface area contributed by atoms with Gasteiger partial charge in [-0.25, -0.2) is 19.8 Å². The molecule has 16 heteroatoms. The van der Waals surface area contributed by atoms with E-state index in [4.69, 9.17) is 35.0 Å². The van der Waals surface area contributed by atoms with E-state index in [9.17, 15) is 24.0 Å². The number of aromatic nitrogens is 1. The molecule has 4 amide bonds. The number of methoxy groups -OCH3 is 2. The number of aromatic amines is 1. The van der Waals surface area contributed by atoms with Gasteiger partial charge in [-0.05, 0) is 71.4 Å². The van der Waals surface area contributed by atoms with Crippen molar-refractivity contribution in [3.8, 4) is 11.5 Å². The number of aryl methyl sites for hydroxylation is 1. The lowest BCUT2D eigenvalue weighted by Crippen LogP contribution is -2.60. The average molecular weight is 740 g/mol. The molecule has 15 nitrogen and oxygen atoms in total. The fourth-order valence-corrected chi connectivity index (χ4v) is 6.36. The number of nitrogens with one attached hydrogen (secondary N) is 2. The van der Waals surface area contributed by atoms with Crippen LogP contribution in [-0.2, 0) is 14.3 Å². The van der Waals surface area contributed by atoms with Gasteiger partial charge in [0.25, 0.3) is 11.8 Å². The summed E-state index contributed by atoms with van der Waals surface area (Å²) in [5, 5.41) is 1.95. The highest BCUT2D eigenvalue weighted by Gasteiger charge is 2.42. The number of benzene rings is 2. The Balaban J connectivity index is 1.55. The highest BCUT2D eigenvalue weighted by atomic mass is 35.5. The molecule has 2 aromatic heterocycles. The lowest BCUT2D eigenvalue weighted by atomic mass is 9.95. The number of alkyl halides is 1. The fourth-order valence-electron chi connectivity index (χ4n) is 6.10. The average Bonchev–Trinajstić information content (AvgIpc) is 3.78. The highest BCUT2D eigenvalue weighted by molar-refractivity contribution is 6.20. The summed E-state index contributed by atoms with van der Waals surface area (Å²) < 4.78 is 27.5. The zero-order valence-corrected chi connectivity index (χ0v) is 31.4. The maximum atomic E-state index is 14.1. The molecular weight excluding hydrogens is 698 g/mol. The summed E-state index contributed by atoms with van der Waals surface area (Å²) in [5.41, 5.74) is 2.29. The molecule has 278 valence electrons. The van der Waals surface area contributed by atoms with Gasteiger partial charge in [-0.2, -0.15) is 0 Å². The second-order valence-corrected chi connectivity index (χ2v) is 14.2. The predicted molar refractivity (Wildman–Crippen MR) is 192 cm³/mol. The van der Waals surface area contributed by atoms with Crippen LogP contribution in [-0.4, -0.2) is 96.7 Å². The van der Waals surface area contributed by atoms with E-state index in [1.54, 1.807) is 52.0 Å². The highest BCUT2D eigenvalue weighted by Crippen LogP contribution is 2.48. The van der Waals surface area contributed by atoms with Gasteiger partial charge in [0.05, 0.1) is 31.0 Å². The van der Waals surface area contributed by atoms with Crippen LogP contribution in [0.4, 0.5) is 15.3 Å². The van der Waals surface area contributed by atoms with E-state index in [1.165, 1.54) is 53.1 Å². The van der Waals surface area contributed by atoms with Crippen LogP contribution in [0.2, 0.25) is 0 Å². The topological polar surface area (TPSA) is 173 Å². The van der Waals surface area contributed by atoms with Gasteiger partial charge in [-0.15, -0.1) is 11.6 Å². The van der Waals surface area contributed by atoms with E-state index in [2.05, 4.69) is 10.4 Å². The molecule has 4 aromatic rings. The molecule has 0 bridgehead atoms. The third-order valence-electron chi connectivity index (χ3n) is 8.90. The Kier molecular flexibility index (Phi) is 10.1. The Morgan fingerprint density at radius 1 is 1.06 bits per heavy atom. The lowest BCUT2D eigenvalue weighted by Gasteiger charge is -2.36. The molecule has 0 fully saturated rings. The van der Waals surface area contributed by atoms with Gasteiger partial charge in [0.2, 0.25) is 0 Å². The Labute approximate surface area is 305 Å². The molecule has 1 aliphatic rings. The first kappa shape index (κ1) is 37.8. The summed E-state index contributed by atoms with van der Waals surface area (Å²) in [6.07, 6.45) is -1.81. The minimum Gasteiger partial charge on any atom is -0.497 e. The predicted octanol–water partition coefficient (Wildman–Crippen LogP) is 6.11. The van der Waals surface area contributed by atoms with Gasteiger partial charge in [-0.1, -0.05) is 0 Å². The number of halogens is 1. The van der Waals surface area contributed by atoms with Crippen LogP contribution in [0.25, 0.3) is 21.9 Å². The van der Waals surface area contributed by atoms with Crippen LogP contribution in [0, 0.1) is 6.92 Å². The van der Waals surface area contributed by atoms with Crippen molar-refractivity contribution in [1.29, 1.82) is 0 Å². The number of nitrogens with zero attached hydrogens (tertiary/aromatic N) is 3. The zero-order chi connectivity index (χ0) is 38.4. The van der Waals surface area contributed by atoms with Crippen molar-refractivity contribution in [3.63, 3.8) is 0 Å². The molecule has 3 heterocycles. The minimum atomic E-state index is -1.55. The fraction of sp³-hybridized carbons (Fsp3) is 0.417. The molecule has 0 saturated heterocycles. The molecule has 0 radical (unpaired) electrons. The molecule has 1 unspecified atom stereocenters. The number of carbonyl (C=O) groups is 5. The molecule has 2 N–H and O–H groups in total. The van der Waals surface area contributed by atoms with Crippen LogP contribution in [0.5, 0.6) is 11.5 Å². The van der Waals surface area contributed by atoms with E-state index >= 15 is 0 Å². The number of hydrogen-bond donors (Lipinski definition) is 2. The van der Waals surface area contributed by atoms with Gasteiger partial charge in [0.1, 0.15) is 22.5 Å². The van der Waals surface area contributed by atoms with E-state index in [-0.39, 0.29) is 35.0 Å². The van der Waals surface area contributed by atoms with E-state index in [0.717, 1.165) is 9.91 Å². The van der Waals surface area contributed by atoms with Crippen molar-refractivity contribution >= 4 is 69.1 Å². The van der Waals surface area contributed by atoms with Gasteiger partial charge < -0.3 is 33.2 Å². The van der Waals surface area contributed by atoms with Gasteiger partial charge in [0.15, 0.2) is 11.5 Å². The minimum absolute atomic E-state index is 0.0327. The molecule has 0 aliphatic carbocycles. The standard InChI is InChI=1S/C36H42ClN5O10/c1-18-26(31(44)49-10)28-27-20(16-37)17-42(30(43)25-14-19-13-21(48-9)11-12-23(19)50-25)22(27)15-24(29(28)38-18)51-34(47)40(7)36(5,6)32(45)41(8)39-33(46)52-35(2,3)4/h11-15,20,38H,16-17H2,1-10H3,(H,39,46). The molecule has 2 aromatic carbocycles. The molecular formula is C36H42ClN5O10. The summed E-state index contributed by atoms with van der Waals surface area (Å²) in [6, 6.07) is 8.29. The summed E-state index contributed by atoms with van der Waals surface area (Å²) in [7, 11) is 5.47. The first-order valence-electron chi connectivity index (χ1n) is 16.3. The summed E-state index contributed by atoms with van der Waals surface area (Å²) in [6.45, 7) is 9.79. The first-order chi connectivity index (χ1) is 24.3. The number of rotatable bonds is 7. The summed E-state index contributed by atoms with van der Waals surface area (Å²) >= 11 is 6.49. The van der Waals surface area contributed by atoms with Gasteiger partial charge in [0, 0.05) is 55.0 Å². The number of hydrogen-bond acceptors (Lipinski definition) is 10. The SMILES string of the molecule is COC(=O)c1c(C)[nH]c2c(OC(=O)N(C)C(C)(C)C(=O)N(C)NC(=O)OC(C)(C)C)cc3c(c12)C(CCl)CN3C(=O)c1cc2cc(OC)ccc2o1.